The van der Waals surface area contributed by atoms with Gasteiger partial charge in [0.25, 0.3) is 5.91 Å². The Bertz CT molecular complexity index is 641. The Hall–Kier alpha value is -2.36. The Morgan fingerprint density at radius 3 is 2.67 bits per heavy atom. The van der Waals surface area contributed by atoms with Crippen molar-refractivity contribution in [1.29, 1.82) is 0 Å². The topological polar surface area (TPSA) is 45.2 Å². The number of nitrogens with one attached hydrogen (secondary N) is 1. The lowest BCUT2D eigenvalue weighted by Crippen LogP contribution is -2.47. The summed E-state index contributed by atoms with van der Waals surface area (Å²) in [5, 5.41) is 3.49. The SMILES string of the molecule is CC[C@@H](C)N1C(=O)c2ccccc2N[C@@H]1c1ccncc1. The maximum absolute atomic E-state index is 12.9. The normalized spacial score (nSPS) is 18.9. The summed E-state index contributed by atoms with van der Waals surface area (Å²) in [4.78, 5) is 18.9. The fourth-order valence-corrected chi connectivity index (χ4v) is 2.71. The second-order valence-electron chi connectivity index (χ2n) is 5.34. The summed E-state index contributed by atoms with van der Waals surface area (Å²) < 4.78 is 0. The number of hydrogen-bond donors (Lipinski definition) is 1. The number of carbonyl (C=O) groups excluding carboxylic acids is 1. The highest BCUT2D eigenvalue weighted by atomic mass is 16.2. The zero-order chi connectivity index (χ0) is 14.8. The number of anilines is 1. The minimum Gasteiger partial charge on any atom is -0.361 e. The maximum Gasteiger partial charge on any atom is 0.258 e. The van der Waals surface area contributed by atoms with Gasteiger partial charge in [-0.3, -0.25) is 9.78 Å². The summed E-state index contributed by atoms with van der Waals surface area (Å²) in [6, 6.07) is 11.7. The Labute approximate surface area is 124 Å². The molecule has 1 N–H and O–H groups in total. The van der Waals surface area contributed by atoms with Gasteiger partial charge in [-0.1, -0.05) is 19.1 Å². The second-order valence-corrected chi connectivity index (χ2v) is 5.34. The quantitative estimate of drug-likeness (QED) is 0.937. The largest absolute Gasteiger partial charge is 0.361 e. The van der Waals surface area contributed by atoms with E-state index in [1.54, 1.807) is 12.4 Å². The minimum atomic E-state index is -0.148. The first-order valence-electron chi connectivity index (χ1n) is 7.30. The Morgan fingerprint density at radius 1 is 1.24 bits per heavy atom. The number of fused-ring (bicyclic) bond motifs is 1. The number of pyridine rings is 1. The van der Waals surface area contributed by atoms with E-state index in [1.165, 1.54) is 0 Å². The van der Waals surface area contributed by atoms with Gasteiger partial charge < -0.3 is 10.2 Å². The molecule has 1 aromatic heterocycles. The molecule has 21 heavy (non-hydrogen) atoms. The molecule has 0 spiro atoms. The van der Waals surface area contributed by atoms with Crippen LogP contribution in [-0.4, -0.2) is 21.8 Å². The first-order valence-corrected chi connectivity index (χ1v) is 7.30. The van der Waals surface area contributed by atoms with Gasteiger partial charge in [-0.15, -0.1) is 0 Å². The van der Waals surface area contributed by atoms with Gasteiger partial charge in [0, 0.05) is 24.1 Å². The molecule has 0 unspecified atom stereocenters. The number of nitrogens with zero attached hydrogens (tertiary/aromatic N) is 2. The summed E-state index contributed by atoms with van der Waals surface area (Å²) in [5.74, 6) is 0.0838. The first-order chi connectivity index (χ1) is 10.2. The second kappa shape index (κ2) is 5.56. The molecule has 0 bridgehead atoms. The number of benzene rings is 1. The van der Waals surface area contributed by atoms with E-state index in [1.807, 2.05) is 41.3 Å². The lowest BCUT2D eigenvalue weighted by molar-refractivity contribution is 0.0593. The van der Waals surface area contributed by atoms with Crippen molar-refractivity contribution in [1.82, 2.24) is 9.88 Å². The number of hydrogen-bond acceptors (Lipinski definition) is 3. The molecule has 1 aromatic carbocycles. The van der Waals surface area contributed by atoms with Crippen molar-refractivity contribution in [2.75, 3.05) is 5.32 Å². The van der Waals surface area contributed by atoms with E-state index in [-0.39, 0.29) is 18.1 Å². The van der Waals surface area contributed by atoms with Crippen LogP contribution < -0.4 is 5.32 Å². The van der Waals surface area contributed by atoms with E-state index in [0.29, 0.717) is 0 Å². The van der Waals surface area contributed by atoms with Crippen LogP contribution in [0.25, 0.3) is 0 Å². The third-order valence-corrected chi connectivity index (χ3v) is 4.05. The van der Waals surface area contributed by atoms with Crippen molar-refractivity contribution < 1.29 is 4.79 Å². The molecule has 3 rings (SSSR count). The van der Waals surface area contributed by atoms with Crippen molar-refractivity contribution >= 4 is 11.6 Å². The zero-order valence-corrected chi connectivity index (χ0v) is 12.3. The molecule has 4 heteroatoms. The van der Waals surface area contributed by atoms with Crippen LogP contribution in [0.15, 0.2) is 48.8 Å². The van der Waals surface area contributed by atoms with Crippen molar-refractivity contribution in [2.45, 2.75) is 32.5 Å². The smallest absolute Gasteiger partial charge is 0.258 e. The third kappa shape index (κ3) is 2.37. The van der Waals surface area contributed by atoms with Crippen LogP contribution in [0, 0.1) is 0 Å². The van der Waals surface area contributed by atoms with Gasteiger partial charge in [0.1, 0.15) is 6.17 Å². The molecule has 0 fully saturated rings. The summed E-state index contributed by atoms with van der Waals surface area (Å²) in [6.07, 6.45) is 4.29. The van der Waals surface area contributed by atoms with Crippen LogP contribution in [-0.2, 0) is 0 Å². The highest BCUT2D eigenvalue weighted by Gasteiger charge is 2.35. The molecule has 1 amide bonds. The monoisotopic (exact) mass is 281 g/mol. The van der Waals surface area contributed by atoms with E-state index in [4.69, 9.17) is 0 Å². The molecule has 108 valence electrons. The predicted octanol–water partition coefficient (Wildman–Crippen LogP) is 3.45. The average Bonchev–Trinajstić information content (AvgIpc) is 2.55. The third-order valence-electron chi connectivity index (χ3n) is 4.05. The van der Waals surface area contributed by atoms with Crippen LogP contribution >= 0.6 is 0 Å². The Kier molecular flexibility index (Phi) is 3.60. The van der Waals surface area contributed by atoms with Gasteiger partial charge in [0.2, 0.25) is 0 Å². The minimum absolute atomic E-state index is 0.0838. The van der Waals surface area contributed by atoms with Crippen molar-refractivity contribution in [3.63, 3.8) is 0 Å². The van der Waals surface area contributed by atoms with Crippen LogP contribution in [0.5, 0.6) is 0 Å². The molecule has 0 aliphatic carbocycles. The standard InChI is InChI=1S/C17H19N3O/c1-3-12(2)20-16(13-8-10-18-11-9-13)19-15-7-5-4-6-14(15)17(20)21/h4-12,16,19H,3H2,1-2H3/t12-,16+/m1/s1. The Balaban J connectivity index is 2.07. The fourth-order valence-electron chi connectivity index (χ4n) is 2.71. The van der Waals surface area contributed by atoms with Crippen molar-refractivity contribution in [3.8, 4) is 0 Å². The molecule has 0 saturated heterocycles. The van der Waals surface area contributed by atoms with Gasteiger partial charge in [-0.2, -0.15) is 0 Å². The zero-order valence-electron chi connectivity index (χ0n) is 12.3. The van der Waals surface area contributed by atoms with Gasteiger partial charge >= 0.3 is 0 Å². The molecule has 2 heterocycles. The van der Waals surface area contributed by atoms with Crippen LogP contribution in [0.2, 0.25) is 0 Å². The summed E-state index contributed by atoms with van der Waals surface area (Å²) in [6.45, 7) is 4.18. The summed E-state index contributed by atoms with van der Waals surface area (Å²) in [5.41, 5.74) is 2.68. The summed E-state index contributed by atoms with van der Waals surface area (Å²) in [7, 11) is 0. The van der Waals surface area contributed by atoms with E-state index in [2.05, 4.69) is 24.1 Å². The molecule has 2 atom stereocenters. The van der Waals surface area contributed by atoms with Gasteiger partial charge in [-0.05, 0) is 43.2 Å². The number of rotatable bonds is 3. The van der Waals surface area contributed by atoms with E-state index in [0.717, 1.165) is 23.2 Å². The van der Waals surface area contributed by atoms with Crippen LogP contribution in [0.3, 0.4) is 0 Å². The fraction of sp³-hybridized carbons (Fsp3) is 0.294. The molecule has 4 nitrogen and oxygen atoms in total. The molecule has 1 aliphatic rings. The van der Waals surface area contributed by atoms with E-state index in [9.17, 15) is 4.79 Å². The molecular weight excluding hydrogens is 262 g/mol. The van der Waals surface area contributed by atoms with Crippen LogP contribution in [0.4, 0.5) is 5.69 Å². The number of amides is 1. The lowest BCUT2D eigenvalue weighted by Gasteiger charge is -2.41. The van der Waals surface area contributed by atoms with E-state index >= 15 is 0 Å². The van der Waals surface area contributed by atoms with Crippen LogP contribution in [0.1, 0.15) is 42.4 Å². The number of aromatic nitrogens is 1. The Morgan fingerprint density at radius 2 is 1.95 bits per heavy atom. The van der Waals surface area contributed by atoms with Crippen molar-refractivity contribution in [3.05, 3.63) is 59.9 Å². The predicted molar refractivity (Wildman–Crippen MR) is 83.0 cm³/mol. The highest BCUT2D eigenvalue weighted by molar-refractivity contribution is 6.01. The highest BCUT2D eigenvalue weighted by Crippen LogP contribution is 2.34. The summed E-state index contributed by atoms with van der Waals surface area (Å²) >= 11 is 0. The lowest BCUT2D eigenvalue weighted by atomic mass is 10.0. The first kappa shape index (κ1) is 13.6. The van der Waals surface area contributed by atoms with Gasteiger partial charge in [0.15, 0.2) is 0 Å². The molecule has 0 saturated carbocycles. The molecule has 0 radical (unpaired) electrons. The maximum atomic E-state index is 12.9. The van der Waals surface area contributed by atoms with Gasteiger partial charge in [0.05, 0.1) is 5.56 Å². The van der Waals surface area contributed by atoms with E-state index < -0.39 is 0 Å². The number of para-hydroxylation sites is 1. The average molecular weight is 281 g/mol. The molecule has 2 aromatic rings. The van der Waals surface area contributed by atoms with Gasteiger partial charge in [-0.25, -0.2) is 0 Å². The van der Waals surface area contributed by atoms with Crippen molar-refractivity contribution in [2.24, 2.45) is 0 Å². The molecule has 1 aliphatic heterocycles. The number of carbonyl (C=O) groups is 1. The molecular formula is C17H19N3O.